The summed E-state index contributed by atoms with van der Waals surface area (Å²) in [5.74, 6) is 0. The fourth-order valence-corrected chi connectivity index (χ4v) is 0.841. The molecule has 0 fully saturated rings. The second-order valence-electron chi connectivity index (χ2n) is 2.04. The Balaban J connectivity index is 3.17. The van der Waals surface area contributed by atoms with Gasteiger partial charge in [0, 0.05) is 10.6 Å². The molecule has 0 spiro atoms. The smallest absolute Gasteiger partial charge is 0.0354 e. The van der Waals surface area contributed by atoms with Gasteiger partial charge in [0.15, 0.2) is 0 Å². The number of hydrogen-bond acceptors (Lipinski definition) is 2. The number of thiol groups is 1. The van der Waals surface area contributed by atoms with Crippen molar-refractivity contribution in [3.63, 3.8) is 0 Å². The van der Waals surface area contributed by atoms with E-state index in [9.17, 15) is 0 Å². The molecule has 0 amide bonds. The predicted octanol–water partition coefficient (Wildman–Crippen LogP) is 1.87. The van der Waals surface area contributed by atoms with Gasteiger partial charge in [-0.15, -0.1) is 12.6 Å². The van der Waals surface area contributed by atoms with Crippen molar-refractivity contribution in [3.05, 3.63) is 23.8 Å². The number of rotatable bonds is 0. The zero-order valence-corrected chi connectivity index (χ0v) is 6.15. The normalized spacial score (nSPS) is 9.56. The Hall–Kier alpha value is -0.630. The largest absolute Gasteiger partial charge is 0.398 e. The van der Waals surface area contributed by atoms with Crippen molar-refractivity contribution < 1.29 is 0 Å². The van der Waals surface area contributed by atoms with Crippen molar-refractivity contribution in [3.8, 4) is 0 Å². The summed E-state index contributed by atoms with van der Waals surface area (Å²) in [5.41, 5.74) is 7.48. The molecule has 0 heterocycles. The van der Waals surface area contributed by atoms with E-state index < -0.39 is 0 Å². The van der Waals surface area contributed by atoms with E-state index in [1.165, 1.54) is 0 Å². The zero-order valence-electron chi connectivity index (χ0n) is 5.26. The quantitative estimate of drug-likeness (QED) is 0.416. The van der Waals surface area contributed by atoms with Gasteiger partial charge in [-0.3, -0.25) is 0 Å². The maximum atomic E-state index is 5.57. The van der Waals surface area contributed by atoms with Crippen LogP contribution >= 0.6 is 12.6 Å². The Morgan fingerprint density at radius 3 is 2.56 bits per heavy atom. The van der Waals surface area contributed by atoms with Crippen LogP contribution in [-0.4, -0.2) is 0 Å². The maximum absolute atomic E-state index is 5.57. The molecule has 1 aromatic carbocycles. The average Bonchev–Trinajstić information content (AvgIpc) is 1.80. The summed E-state index contributed by atoms with van der Waals surface area (Å²) in [7, 11) is 0. The summed E-state index contributed by atoms with van der Waals surface area (Å²) < 4.78 is 0. The first kappa shape index (κ1) is 6.49. The predicted molar refractivity (Wildman–Crippen MR) is 42.8 cm³/mol. The fourth-order valence-electron chi connectivity index (χ4n) is 0.628. The Morgan fingerprint density at radius 2 is 2.11 bits per heavy atom. The van der Waals surface area contributed by atoms with E-state index in [0.29, 0.717) is 0 Å². The molecule has 0 bridgehead atoms. The lowest BCUT2D eigenvalue weighted by Crippen LogP contribution is -1.87. The first-order valence-electron chi connectivity index (χ1n) is 2.75. The Bertz CT molecular complexity index is 220. The lowest BCUT2D eigenvalue weighted by atomic mass is 10.2. The molecule has 0 saturated heterocycles. The number of nitrogen functional groups attached to an aromatic ring is 1. The molecular weight excluding hydrogens is 130 g/mol. The lowest BCUT2D eigenvalue weighted by Gasteiger charge is -1.97. The van der Waals surface area contributed by atoms with Gasteiger partial charge in [0.05, 0.1) is 0 Å². The van der Waals surface area contributed by atoms with E-state index in [1.54, 1.807) is 0 Å². The van der Waals surface area contributed by atoms with Gasteiger partial charge in [0.2, 0.25) is 0 Å². The van der Waals surface area contributed by atoms with Crippen LogP contribution in [-0.2, 0) is 0 Å². The Labute approximate surface area is 60.3 Å². The summed E-state index contributed by atoms with van der Waals surface area (Å²) in [6.45, 7) is 1.97. The van der Waals surface area contributed by atoms with Crippen LogP contribution in [0.4, 0.5) is 5.69 Å². The van der Waals surface area contributed by atoms with Crippen LogP contribution in [0.2, 0.25) is 0 Å². The molecule has 0 aliphatic carbocycles. The molecule has 0 unspecified atom stereocenters. The standard InChI is InChI=1S/C7H9NS/c1-5-2-3-6(9)4-7(5)8/h2-4,9H,8H2,1H3. The highest BCUT2D eigenvalue weighted by Gasteiger charge is 1.90. The van der Waals surface area contributed by atoms with Crippen molar-refractivity contribution in [1.82, 2.24) is 0 Å². The van der Waals surface area contributed by atoms with E-state index in [2.05, 4.69) is 12.6 Å². The minimum atomic E-state index is 0.808. The molecule has 0 aliphatic heterocycles. The molecule has 0 aromatic heterocycles. The average molecular weight is 139 g/mol. The monoisotopic (exact) mass is 139 g/mol. The highest BCUT2D eigenvalue weighted by atomic mass is 32.1. The van der Waals surface area contributed by atoms with Crippen molar-refractivity contribution >= 4 is 18.3 Å². The molecule has 9 heavy (non-hydrogen) atoms. The van der Waals surface area contributed by atoms with Crippen LogP contribution in [0.5, 0.6) is 0 Å². The molecular formula is C7H9NS. The molecule has 2 heteroatoms. The van der Waals surface area contributed by atoms with E-state index in [1.807, 2.05) is 25.1 Å². The number of nitrogens with two attached hydrogens (primary N) is 1. The molecule has 0 saturated carbocycles. The summed E-state index contributed by atoms with van der Waals surface area (Å²) in [4.78, 5) is 0.915. The number of benzene rings is 1. The third kappa shape index (κ3) is 1.39. The number of aryl methyl sites for hydroxylation is 1. The van der Waals surface area contributed by atoms with Gasteiger partial charge in [0.1, 0.15) is 0 Å². The van der Waals surface area contributed by atoms with Crippen LogP contribution in [0.25, 0.3) is 0 Å². The Kier molecular flexibility index (Phi) is 1.67. The third-order valence-corrected chi connectivity index (χ3v) is 1.54. The van der Waals surface area contributed by atoms with Gasteiger partial charge in [0.25, 0.3) is 0 Å². The van der Waals surface area contributed by atoms with E-state index in [-0.39, 0.29) is 0 Å². The fraction of sp³-hybridized carbons (Fsp3) is 0.143. The minimum Gasteiger partial charge on any atom is -0.398 e. The van der Waals surface area contributed by atoms with Crippen molar-refractivity contribution in [2.75, 3.05) is 5.73 Å². The first-order chi connectivity index (χ1) is 4.20. The molecule has 0 aliphatic rings. The molecule has 1 rings (SSSR count). The highest BCUT2D eigenvalue weighted by molar-refractivity contribution is 7.80. The second kappa shape index (κ2) is 2.31. The number of hydrogen-bond donors (Lipinski definition) is 2. The second-order valence-corrected chi connectivity index (χ2v) is 2.56. The van der Waals surface area contributed by atoms with Crippen LogP contribution < -0.4 is 5.73 Å². The molecule has 0 radical (unpaired) electrons. The molecule has 1 nitrogen and oxygen atoms in total. The van der Waals surface area contributed by atoms with Gasteiger partial charge in [-0.05, 0) is 24.6 Å². The summed E-state index contributed by atoms with van der Waals surface area (Å²) >= 11 is 4.12. The minimum absolute atomic E-state index is 0.808. The van der Waals surface area contributed by atoms with Crippen LogP contribution in [0.3, 0.4) is 0 Å². The summed E-state index contributed by atoms with van der Waals surface area (Å²) in [6, 6.07) is 5.73. The van der Waals surface area contributed by atoms with Crippen molar-refractivity contribution in [2.45, 2.75) is 11.8 Å². The van der Waals surface area contributed by atoms with Crippen LogP contribution in [0.15, 0.2) is 23.1 Å². The van der Waals surface area contributed by atoms with Gasteiger partial charge in [-0.25, -0.2) is 0 Å². The van der Waals surface area contributed by atoms with Crippen molar-refractivity contribution in [1.29, 1.82) is 0 Å². The van der Waals surface area contributed by atoms with Gasteiger partial charge < -0.3 is 5.73 Å². The van der Waals surface area contributed by atoms with E-state index >= 15 is 0 Å². The maximum Gasteiger partial charge on any atom is 0.0354 e. The Morgan fingerprint density at radius 1 is 1.44 bits per heavy atom. The topological polar surface area (TPSA) is 26.0 Å². The van der Waals surface area contributed by atoms with Crippen LogP contribution in [0.1, 0.15) is 5.56 Å². The molecule has 0 atom stereocenters. The zero-order chi connectivity index (χ0) is 6.85. The first-order valence-corrected chi connectivity index (χ1v) is 3.20. The van der Waals surface area contributed by atoms with Gasteiger partial charge >= 0.3 is 0 Å². The van der Waals surface area contributed by atoms with Crippen LogP contribution in [0, 0.1) is 6.92 Å². The third-order valence-electron chi connectivity index (χ3n) is 1.26. The van der Waals surface area contributed by atoms with Gasteiger partial charge in [-0.1, -0.05) is 6.07 Å². The highest BCUT2D eigenvalue weighted by Crippen LogP contribution is 2.14. The summed E-state index contributed by atoms with van der Waals surface area (Å²) in [6.07, 6.45) is 0. The molecule has 2 N–H and O–H groups in total. The van der Waals surface area contributed by atoms with E-state index in [4.69, 9.17) is 5.73 Å². The van der Waals surface area contributed by atoms with Crippen molar-refractivity contribution in [2.24, 2.45) is 0 Å². The molecule has 1 aromatic rings. The number of anilines is 1. The SMILES string of the molecule is Cc1ccc(S)cc1N. The molecule has 48 valence electrons. The lowest BCUT2D eigenvalue weighted by molar-refractivity contribution is 1.39. The summed E-state index contributed by atoms with van der Waals surface area (Å²) in [5, 5.41) is 0. The van der Waals surface area contributed by atoms with E-state index in [0.717, 1.165) is 16.1 Å². The van der Waals surface area contributed by atoms with Gasteiger partial charge in [-0.2, -0.15) is 0 Å².